The summed E-state index contributed by atoms with van der Waals surface area (Å²) in [4.78, 5) is 40.1. The van der Waals surface area contributed by atoms with Gasteiger partial charge in [0.05, 0.1) is 17.7 Å². The molecule has 0 bridgehead atoms. The molecule has 1 fully saturated rings. The van der Waals surface area contributed by atoms with Crippen molar-refractivity contribution in [1.82, 2.24) is 14.9 Å². The number of ketones is 1. The monoisotopic (exact) mass is 469 g/mol. The largest absolute Gasteiger partial charge is 0.325 e. The highest BCUT2D eigenvalue weighted by atomic mass is 35.5. The molecule has 0 spiro atoms. The number of thiophene rings is 1. The zero-order valence-corrected chi connectivity index (χ0v) is 18.7. The quantitative estimate of drug-likeness (QED) is 0.454. The number of carbonyl (C=O) groups is 3. The molecule has 160 valence electrons. The number of hydrogen-bond donors (Lipinski definition) is 2. The summed E-state index contributed by atoms with van der Waals surface area (Å²) in [6.07, 6.45) is 1.51. The minimum atomic E-state index is -3.28. The smallest absolute Gasteiger partial charge is 0.319 e. The lowest BCUT2D eigenvalue weighted by Gasteiger charge is -2.22. The topological polar surface area (TPSA) is 113 Å². The molecule has 3 amide bonds. The Balaban J connectivity index is 1.68. The average Bonchev–Trinajstić information content (AvgIpc) is 3.20. The van der Waals surface area contributed by atoms with Gasteiger partial charge in [0.25, 0.3) is 5.91 Å². The lowest BCUT2D eigenvalue weighted by molar-refractivity contribution is -0.130. The van der Waals surface area contributed by atoms with Crippen LogP contribution in [0.5, 0.6) is 0 Å². The fourth-order valence-electron chi connectivity index (χ4n) is 3.08. The van der Waals surface area contributed by atoms with E-state index in [1.54, 1.807) is 43.3 Å². The molecule has 1 saturated heterocycles. The molecular formula is C19H20ClN3O5S2. The van der Waals surface area contributed by atoms with Gasteiger partial charge in [-0.15, -0.1) is 11.3 Å². The molecule has 0 saturated carbocycles. The average molecular weight is 470 g/mol. The zero-order chi connectivity index (χ0) is 22.1. The second-order valence-electron chi connectivity index (χ2n) is 7.06. The number of urea groups is 1. The molecule has 2 N–H and O–H groups in total. The van der Waals surface area contributed by atoms with Crippen molar-refractivity contribution in [2.24, 2.45) is 0 Å². The first-order chi connectivity index (χ1) is 14.0. The fraction of sp³-hybridized carbons (Fsp3) is 0.316. The number of amides is 3. The molecule has 1 unspecified atom stereocenters. The zero-order valence-electron chi connectivity index (χ0n) is 16.3. The predicted molar refractivity (Wildman–Crippen MR) is 114 cm³/mol. The molecule has 2 heterocycles. The van der Waals surface area contributed by atoms with Crippen molar-refractivity contribution >= 4 is 50.7 Å². The fourth-order valence-corrected chi connectivity index (χ4v) is 4.68. The standard InChI is InChI=1S/C19H20ClN3O5S2/c1-19(12-4-3-5-13(20)10-12)17(25)23(18(26)22-19)11-15(24)16-7-6-14(29-16)8-9-21-30(2,27)28/h3-7,10,21H,8-9,11H2,1-2H3,(H,22,26). The number of carbonyl (C=O) groups excluding carboxylic acids is 3. The highest BCUT2D eigenvalue weighted by molar-refractivity contribution is 7.88. The molecule has 1 aromatic carbocycles. The number of Topliss-reactive ketones (excluding diaryl/α,β-unsaturated/α-hetero) is 1. The molecule has 0 aliphatic carbocycles. The Hall–Kier alpha value is -2.27. The van der Waals surface area contributed by atoms with Gasteiger partial charge < -0.3 is 5.32 Å². The normalized spacial score (nSPS) is 19.2. The Morgan fingerprint density at radius 2 is 2.00 bits per heavy atom. The van der Waals surface area contributed by atoms with Crippen LogP contribution in [-0.4, -0.2) is 50.4 Å². The van der Waals surface area contributed by atoms with Gasteiger partial charge in [0.2, 0.25) is 10.0 Å². The summed E-state index contributed by atoms with van der Waals surface area (Å²) in [6.45, 7) is 1.40. The van der Waals surface area contributed by atoms with Crippen LogP contribution in [-0.2, 0) is 26.8 Å². The van der Waals surface area contributed by atoms with Gasteiger partial charge >= 0.3 is 6.03 Å². The van der Waals surface area contributed by atoms with Crippen molar-refractivity contribution in [3.05, 3.63) is 56.7 Å². The first kappa shape index (κ1) is 22.4. The Kier molecular flexibility index (Phi) is 6.32. The Labute approximate surface area is 183 Å². The van der Waals surface area contributed by atoms with Crippen molar-refractivity contribution in [3.63, 3.8) is 0 Å². The summed E-state index contributed by atoms with van der Waals surface area (Å²) < 4.78 is 24.6. The lowest BCUT2D eigenvalue weighted by atomic mass is 9.92. The van der Waals surface area contributed by atoms with E-state index in [1.807, 2.05) is 0 Å². The molecule has 2 aromatic rings. The molecule has 1 atom stereocenters. The van der Waals surface area contributed by atoms with Crippen LogP contribution in [0.2, 0.25) is 5.02 Å². The van der Waals surface area contributed by atoms with E-state index in [0.717, 1.165) is 16.0 Å². The van der Waals surface area contributed by atoms with Crippen LogP contribution >= 0.6 is 22.9 Å². The van der Waals surface area contributed by atoms with Gasteiger partial charge in [-0.05, 0) is 43.2 Å². The number of halogens is 1. The molecule has 8 nitrogen and oxygen atoms in total. The molecule has 3 rings (SSSR count). The van der Waals surface area contributed by atoms with E-state index in [0.29, 0.717) is 21.9 Å². The third-order valence-electron chi connectivity index (χ3n) is 4.65. The highest BCUT2D eigenvalue weighted by Crippen LogP contribution is 2.30. The molecule has 11 heteroatoms. The van der Waals surface area contributed by atoms with Crippen LogP contribution in [0.15, 0.2) is 36.4 Å². The lowest BCUT2D eigenvalue weighted by Crippen LogP contribution is -2.41. The highest BCUT2D eigenvalue weighted by Gasteiger charge is 2.49. The number of imide groups is 1. The van der Waals surface area contributed by atoms with Crippen LogP contribution in [0.25, 0.3) is 0 Å². The van der Waals surface area contributed by atoms with Crippen LogP contribution in [0.3, 0.4) is 0 Å². The van der Waals surface area contributed by atoms with E-state index in [9.17, 15) is 22.8 Å². The number of rotatable bonds is 8. The summed E-state index contributed by atoms with van der Waals surface area (Å²) in [6, 6.07) is 9.32. The summed E-state index contributed by atoms with van der Waals surface area (Å²) in [5.74, 6) is -0.904. The van der Waals surface area contributed by atoms with Gasteiger partial charge in [-0.1, -0.05) is 23.7 Å². The van der Waals surface area contributed by atoms with Crippen molar-refractivity contribution in [3.8, 4) is 0 Å². The minimum Gasteiger partial charge on any atom is -0.319 e. The Morgan fingerprint density at radius 1 is 1.27 bits per heavy atom. The minimum absolute atomic E-state index is 0.220. The van der Waals surface area contributed by atoms with E-state index in [1.165, 1.54) is 11.3 Å². The molecule has 1 aliphatic rings. The van der Waals surface area contributed by atoms with Gasteiger partial charge in [-0.25, -0.2) is 17.9 Å². The molecule has 30 heavy (non-hydrogen) atoms. The van der Waals surface area contributed by atoms with Crippen LogP contribution in [0.1, 0.15) is 27.0 Å². The van der Waals surface area contributed by atoms with E-state index < -0.39 is 27.5 Å². The SMILES string of the molecule is CC1(c2cccc(Cl)c2)NC(=O)N(CC(=O)c2ccc(CCNS(C)(=O)=O)s2)C1=O. The number of nitrogens with zero attached hydrogens (tertiary/aromatic N) is 1. The molecular weight excluding hydrogens is 450 g/mol. The Bertz CT molecular complexity index is 1110. The van der Waals surface area contributed by atoms with Crippen molar-refractivity contribution in [1.29, 1.82) is 0 Å². The molecule has 1 aromatic heterocycles. The van der Waals surface area contributed by atoms with Crippen LogP contribution in [0, 0.1) is 0 Å². The maximum absolute atomic E-state index is 12.9. The third-order valence-corrected chi connectivity index (χ3v) is 6.80. The van der Waals surface area contributed by atoms with E-state index in [-0.39, 0.29) is 18.9 Å². The number of benzene rings is 1. The van der Waals surface area contributed by atoms with Gasteiger partial charge in [-0.3, -0.25) is 14.5 Å². The first-order valence-corrected chi connectivity index (χ1v) is 12.0. The maximum atomic E-state index is 12.9. The predicted octanol–water partition coefficient (Wildman–Crippen LogP) is 2.14. The summed E-state index contributed by atoms with van der Waals surface area (Å²) in [7, 11) is -3.28. The van der Waals surface area contributed by atoms with E-state index in [4.69, 9.17) is 11.6 Å². The first-order valence-electron chi connectivity index (χ1n) is 8.96. The molecule has 1 aliphatic heterocycles. The van der Waals surface area contributed by atoms with Crippen molar-refractivity contribution in [2.45, 2.75) is 18.9 Å². The van der Waals surface area contributed by atoms with E-state index in [2.05, 4.69) is 10.0 Å². The second-order valence-corrected chi connectivity index (χ2v) is 10.5. The summed E-state index contributed by atoms with van der Waals surface area (Å²) in [5, 5.41) is 3.07. The van der Waals surface area contributed by atoms with E-state index >= 15 is 0 Å². The van der Waals surface area contributed by atoms with Crippen molar-refractivity contribution < 1.29 is 22.8 Å². The third kappa shape index (κ3) is 4.89. The number of sulfonamides is 1. The maximum Gasteiger partial charge on any atom is 0.325 e. The van der Waals surface area contributed by atoms with Gasteiger partial charge in [0, 0.05) is 16.4 Å². The van der Waals surface area contributed by atoms with Crippen molar-refractivity contribution in [2.75, 3.05) is 19.3 Å². The summed E-state index contributed by atoms with van der Waals surface area (Å²) >= 11 is 7.21. The number of nitrogens with one attached hydrogen (secondary N) is 2. The summed E-state index contributed by atoms with van der Waals surface area (Å²) in [5.41, 5.74) is -0.778. The van der Waals surface area contributed by atoms with Gasteiger partial charge in [-0.2, -0.15) is 0 Å². The van der Waals surface area contributed by atoms with Gasteiger partial charge in [0.15, 0.2) is 5.78 Å². The number of hydrogen-bond acceptors (Lipinski definition) is 6. The van der Waals surface area contributed by atoms with Crippen LogP contribution in [0.4, 0.5) is 4.79 Å². The molecule has 0 radical (unpaired) electrons. The van der Waals surface area contributed by atoms with Gasteiger partial charge in [0.1, 0.15) is 5.54 Å². The second kappa shape index (κ2) is 8.46. The Morgan fingerprint density at radius 3 is 2.67 bits per heavy atom. The van der Waals surface area contributed by atoms with Crippen LogP contribution < -0.4 is 10.0 Å².